The molecule has 1 heterocycles. The van der Waals surface area contributed by atoms with Crippen LogP contribution < -0.4 is 4.90 Å². The van der Waals surface area contributed by atoms with Gasteiger partial charge in [-0.2, -0.15) is 0 Å². The first-order valence-electron chi connectivity index (χ1n) is 8.27. The topological polar surface area (TPSA) is 29.5 Å². The van der Waals surface area contributed by atoms with E-state index < -0.39 is 0 Å². The van der Waals surface area contributed by atoms with E-state index in [4.69, 9.17) is 4.74 Å². The number of cyclic esters (lactones) is 1. The molecule has 0 N–H and O–H groups in total. The van der Waals surface area contributed by atoms with Crippen LogP contribution in [0.4, 0.5) is 5.69 Å². The Bertz CT molecular complexity index is 769. The summed E-state index contributed by atoms with van der Waals surface area (Å²) in [6, 6.07) is 17.9. The summed E-state index contributed by atoms with van der Waals surface area (Å²) in [4.78, 5) is 14.4. The second kappa shape index (κ2) is 7.18. The van der Waals surface area contributed by atoms with Gasteiger partial charge in [0.2, 0.25) is 0 Å². The van der Waals surface area contributed by atoms with E-state index in [-0.39, 0.29) is 5.97 Å². The maximum absolute atomic E-state index is 12.1. The van der Waals surface area contributed by atoms with Crippen molar-refractivity contribution in [2.24, 2.45) is 0 Å². The highest BCUT2D eigenvalue weighted by molar-refractivity contribution is 6.05. The predicted molar refractivity (Wildman–Crippen MR) is 98.5 cm³/mol. The minimum Gasteiger partial charge on any atom is -0.422 e. The fraction of sp³-hybridized carbons (Fsp3) is 0.190. The smallest absolute Gasteiger partial charge is 0.343 e. The molecule has 2 aromatic rings. The van der Waals surface area contributed by atoms with Crippen molar-refractivity contribution in [1.82, 2.24) is 0 Å². The Morgan fingerprint density at radius 3 is 2.25 bits per heavy atom. The monoisotopic (exact) mass is 319 g/mol. The van der Waals surface area contributed by atoms with Crippen molar-refractivity contribution in [3.8, 4) is 0 Å². The molecule has 122 valence electrons. The Balaban J connectivity index is 1.83. The molecule has 0 saturated heterocycles. The summed E-state index contributed by atoms with van der Waals surface area (Å²) in [6.45, 7) is 6.24. The Labute approximate surface area is 142 Å². The highest BCUT2D eigenvalue weighted by Crippen LogP contribution is 2.27. The average molecular weight is 319 g/mol. The van der Waals surface area contributed by atoms with Crippen LogP contribution in [0.25, 0.3) is 11.8 Å². The summed E-state index contributed by atoms with van der Waals surface area (Å²) >= 11 is 0. The van der Waals surface area contributed by atoms with Crippen LogP contribution in [0.5, 0.6) is 0 Å². The van der Waals surface area contributed by atoms with Gasteiger partial charge < -0.3 is 9.64 Å². The SMILES string of the molecule is CCN(CC)c1ccc(C=C2C=C(c3ccccc3)OC2=O)cc1. The quantitative estimate of drug-likeness (QED) is 0.600. The third-order valence-corrected chi connectivity index (χ3v) is 4.13. The number of carbonyl (C=O) groups is 1. The summed E-state index contributed by atoms with van der Waals surface area (Å²) in [5.41, 5.74) is 3.66. The standard InChI is InChI=1S/C21H21NO2/c1-3-22(4-2)19-12-10-16(11-13-19)14-18-15-20(24-21(18)23)17-8-6-5-7-9-17/h5-15H,3-4H2,1-2H3. The maximum atomic E-state index is 12.1. The van der Waals surface area contributed by atoms with Gasteiger partial charge in [-0.1, -0.05) is 42.5 Å². The molecule has 1 aliphatic rings. The van der Waals surface area contributed by atoms with Gasteiger partial charge in [0.25, 0.3) is 0 Å². The van der Waals surface area contributed by atoms with E-state index in [1.807, 2.05) is 48.5 Å². The third kappa shape index (κ3) is 3.40. The molecule has 0 aromatic heterocycles. The molecule has 0 bridgehead atoms. The predicted octanol–water partition coefficient (Wildman–Crippen LogP) is 4.51. The van der Waals surface area contributed by atoms with Crippen LogP contribution in [0.15, 0.2) is 66.2 Å². The van der Waals surface area contributed by atoms with E-state index in [1.165, 1.54) is 5.69 Å². The van der Waals surface area contributed by atoms with Gasteiger partial charge in [-0.3, -0.25) is 0 Å². The highest BCUT2D eigenvalue weighted by Gasteiger charge is 2.21. The molecular formula is C21H21NO2. The third-order valence-electron chi connectivity index (χ3n) is 4.13. The van der Waals surface area contributed by atoms with E-state index in [0.29, 0.717) is 11.3 Å². The minimum atomic E-state index is -0.304. The first-order chi connectivity index (χ1) is 11.7. The van der Waals surface area contributed by atoms with Crippen molar-refractivity contribution in [3.05, 3.63) is 77.4 Å². The van der Waals surface area contributed by atoms with Crippen molar-refractivity contribution in [1.29, 1.82) is 0 Å². The van der Waals surface area contributed by atoms with E-state index >= 15 is 0 Å². The number of anilines is 1. The highest BCUT2D eigenvalue weighted by atomic mass is 16.5. The summed E-state index contributed by atoms with van der Waals surface area (Å²) in [6.07, 6.45) is 3.67. The van der Waals surface area contributed by atoms with Crippen molar-refractivity contribution in [2.45, 2.75) is 13.8 Å². The Morgan fingerprint density at radius 1 is 0.958 bits per heavy atom. The van der Waals surface area contributed by atoms with Gasteiger partial charge >= 0.3 is 5.97 Å². The van der Waals surface area contributed by atoms with Crippen LogP contribution in [0, 0.1) is 0 Å². The van der Waals surface area contributed by atoms with E-state index in [9.17, 15) is 4.79 Å². The molecule has 0 aliphatic carbocycles. The van der Waals surface area contributed by atoms with Gasteiger partial charge in [-0.25, -0.2) is 4.79 Å². The first kappa shape index (κ1) is 16.1. The molecule has 0 amide bonds. The lowest BCUT2D eigenvalue weighted by atomic mass is 10.1. The van der Waals surface area contributed by atoms with Gasteiger partial charge in [-0.15, -0.1) is 0 Å². The van der Waals surface area contributed by atoms with E-state index in [1.54, 1.807) is 6.08 Å². The fourth-order valence-electron chi connectivity index (χ4n) is 2.78. The molecule has 0 unspecified atom stereocenters. The number of ether oxygens (including phenoxy) is 1. The second-order valence-corrected chi connectivity index (χ2v) is 5.63. The lowest BCUT2D eigenvalue weighted by Gasteiger charge is -2.20. The molecule has 2 aromatic carbocycles. The van der Waals surface area contributed by atoms with Crippen LogP contribution in [-0.4, -0.2) is 19.1 Å². The zero-order chi connectivity index (χ0) is 16.9. The van der Waals surface area contributed by atoms with Gasteiger partial charge in [0.05, 0.1) is 5.57 Å². The number of hydrogen-bond acceptors (Lipinski definition) is 3. The summed E-state index contributed by atoms with van der Waals surface area (Å²) in [5.74, 6) is 0.299. The van der Waals surface area contributed by atoms with Gasteiger partial charge in [0.1, 0.15) is 5.76 Å². The van der Waals surface area contributed by atoms with Gasteiger partial charge in [0, 0.05) is 24.3 Å². The Hall–Kier alpha value is -2.81. The normalized spacial score (nSPS) is 15.3. The molecule has 0 saturated carbocycles. The molecule has 0 fully saturated rings. The van der Waals surface area contributed by atoms with Crippen molar-refractivity contribution in [2.75, 3.05) is 18.0 Å². The molecule has 3 rings (SSSR count). The van der Waals surface area contributed by atoms with Gasteiger partial charge in [-0.05, 0) is 43.7 Å². The van der Waals surface area contributed by atoms with E-state index in [0.717, 1.165) is 24.2 Å². The Morgan fingerprint density at radius 2 is 1.62 bits per heavy atom. The summed E-state index contributed by atoms with van der Waals surface area (Å²) < 4.78 is 5.37. The van der Waals surface area contributed by atoms with Crippen molar-refractivity contribution < 1.29 is 9.53 Å². The van der Waals surface area contributed by atoms with Crippen LogP contribution in [0.3, 0.4) is 0 Å². The van der Waals surface area contributed by atoms with Crippen molar-refractivity contribution >= 4 is 23.5 Å². The number of carbonyl (C=O) groups excluding carboxylic acids is 1. The van der Waals surface area contributed by atoms with Crippen molar-refractivity contribution in [3.63, 3.8) is 0 Å². The second-order valence-electron chi connectivity index (χ2n) is 5.63. The number of benzene rings is 2. The average Bonchev–Trinajstić information content (AvgIpc) is 2.99. The summed E-state index contributed by atoms with van der Waals surface area (Å²) in [7, 11) is 0. The summed E-state index contributed by atoms with van der Waals surface area (Å²) in [5, 5.41) is 0. The van der Waals surface area contributed by atoms with Crippen LogP contribution >= 0.6 is 0 Å². The fourth-order valence-corrected chi connectivity index (χ4v) is 2.78. The molecule has 3 heteroatoms. The zero-order valence-electron chi connectivity index (χ0n) is 14.0. The molecule has 0 atom stereocenters. The number of esters is 1. The van der Waals surface area contributed by atoms with Crippen LogP contribution in [0.1, 0.15) is 25.0 Å². The zero-order valence-corrected chi connectivity index (χ0v) is 14.0. The number of nitrogens with zero attached hydrogens (tertiary/aromatic N) is 1. The first-order valence-corrected chi connectivity index (χ1v) is 8.27. The van der Waals surface area contributed by atoms with Crippen LogP contribution in [0.2, 0.25) is 0 Å². The van der Waals surface area contributed by atoms with Gasteiger partial charge in [0.15, 0.2) is 0 Å². The molecule has 3 nitrogen and oxygen atoms in total. The Kier molecular flexibility index (Phi) is 4.80. The van der Waals surface area contributed by atoms with E-state index in [2.05, 4.69) is 30.9 Å². The lowest BCUT2D eigenvalue weighted by molar-refractivity contribution is -0.130. The molecule has 24 heavy (non-hydrogen) atoms. The van der Waals surface area contributed by atoms with Crippen LogP contribution in [-0.2, 0) is 9.53 Å². The minimum absolute atomic E-state index is 0.304. The molecule has 1 aliphatic heterocycles. The molecule has 0 radical (unpaired) electrons. The molecular weight excluding hydrogens is 298 g/mol. The largest absolute Gasteiger partial charge is 0.422 e. The lowest BCUT2D eigenvalue weighted by Crippen LogP contribution is -2.21. The number of hydrogen-bond donors (Lipinski definition) is 0. The maximum Gasteiger partial charge on any atom is 0.343 e. The number of rotatable bonds is 5. The molecule has 0 spiro atoms.